The van der Waals surface area contributed by atoms with Crippen LogP contribution in [0, 0.1) is 0 Å². The monoisotopic (exact) mass is 253 g/mol. The predicted octanol–water partition coefficient (Wildman–Crippen LogP) is 2.29. The molecule has 0 radical (unpaired) electrons. The minimum absolute atomic E-state index is 0.116. The molecular formula is C15H11NO3. The van der Waals surface area contributed by atoms with Gasteiger partial charge in [-0.25, -0.2) is 4.79 Å². The maximum atomic E-state index is 11.4. The Balaban J connectivity index is 1.90. The predicted molar refractivity (Wildman–Crippen MR) is 72.3 cm³/mol. The van der Waals surface area contributed by atoms with Gasteiger partial charge < -0.3 is 4.84 Å². The standard InChI is InChI=1S/C15H11NO3/c17-14-9-7-13(8-10-14)16-19-15(18)11-6-12-4-2-1-3-5-12/h1-11H/b11-6-. The van der Waals surface area contributed by atoms with Gasteiger partial charge in [0, 0.05) is 6.08 Å². The number of ketones is 1. The molecule has 19 heavy (non-hydrogen) atoms. The lowest BCUT2D eigenvalue weighted by atomic mass is 10.2. The van der Waals surface area contributed by atoms with Crippen LogP contribution in [0.4, 0.5) is 0 Å². The molecule has 0 spiro atoms. The van der Waals surface area contributed by atoms with Crippen LogP contribution in [0.3, 0.4) is 0 Å². The lowest BCUT2D eigenvalue weighted by Gasteiger charge is -1.97. The highest BCUT2D eigenvalue weighted by molar-refractivity contribution is 6.16. The number of nitrogens with zero attached hydrogens (tertiary/aromatic N) is 1. The molecule has 0 aromatic heterocycles. The first-order chi connectivity index (χ1) is 9.24. The van der Waals surface area contributed by atoms with Gasteiger partial charge in [0.25, 0.3) is 0 Å². The third-order valence-corrected chi connectivity index (χ3v) is 2.29. The Morgan fingerprint density at radius 2 is 1.74 bits per heavy atom. The number of hydrogen-bond acceptors (Lipinski definition) is 4. The fourth-order valence-corrected chi connectivity index (χ4v) is 1.36. The zero-order chi connectivity index (χ0) is 13.5. The van der Waals surface area contributed by atoms with Crippen molar-refractivity contribution in [2.24, 2.45) is 5.16 Å². The van der Waals surface area contributed by atoms with E-state index in [1.165, 1.54) is 30.4 Å². The summed E-state index contributed by atoms with van der Waals surface area (Å²) in [5.41, 5.74) is 1.32. The van der Waals surface area contributed by atoms with E-state index >= 15 is 0 Å². The highest BCUT2D eigenvalue weighted by Gasteiger charge is 2.01. The maximum absolute atomic E-state index is 11.4. The normalized spacial score (nSPS) is 13.9. The molecule has 1 aromatic carbocycles. The lowest BCUT2D eigenvalue weighted by Crippen LogP contribution is -2.02. The highest BCUT2D eigenvalue weighted by Crippen LogP contribution is 2.02. The number of allylic oxidation sites excluding steroid dienone is 4. The second-order valence-corrected chi connectivity index (χ2v) is 3.74. The van der Waals surface area contributed by atoms with Crippen LogP contribution in [0.5, 0.6) is 0 Å². The fourth-order valence-electron chi connectivity index (χ4n) is 1.36. The van der Waals surface area contributed by atoms with E-state index in [0.717, 1.165) is 5.56 Å². The van der Waals surface area contributed by atoms with Crippen LogP contribution in [-0.4, -0.2) is 17.5 Å². The van der Waals surface area contributed by atoms with Crippen LogP contribution in [0.2, 0.25) is 0 Å². The van der Waals surface area contributed by atoms with Crippen LogP contribution < -0.4 is 0 Å². The van der Waals surface area contributed by atoms with E-state index in [9.17, 15) is 9.59 Å². The number of carbonyl (C=O) groups is 2. The van der Waals surface area contributed by atoms with Crippen LogP contribution in [0.25, 0.3) is 6.08 Å². The van der Waals surface area contributed by atoms with Crippen molar-refractivity contribution < 1.29 is 14.4 Å². The van der Waals surface area contributed by atoms with Gasteiger partial charge in [-0.2, -0.15) is 0 Å². The minimum Gasteiger partial charge on any atom is -0.313 e. The molecule has 1 aliphatic carbocycles. The molecule has 0 saturated carbocycles. The molecule has 0 bridgehead atoms. The molecular weight excluding hydrogens is 242 g/mol. The summed E-state index contributed by atoms with van der Waals surface area (Å²) in [7, 11) is 0. The number of benzene rings is 1. The first-order valence-electron chi connectivity index (χ1n) is 5.66. The van der Waals surface area contributed by atoms with Gasteiger partial charge in [-0.1, -0.05) is 35.5 Å². The summed E-state index contributed by atoms with van der Waals surface area (Å²) >= 11 is 0. The molecule has 0 saturated heterocycles. The number of rotatable bonds is 3. The molecule has 0 N–H and O–H groups in total. The Bertz CT molecular complexity index is 577. The van der Waals surface area contributed by atoms with Gasteiger partial charge in [-0.3, -0.25) is 4.79 Å². The van der Waals surface area contributed by atoms with E-state index in [2.05, 4.69) is 9.99 Å². The summed E-state index contributed by atoms with van der Waals surface area (Å²) in [5, 5.41) is 3.62. The molecule has 4 heteroatoms. The molecule has 0 fully saturated rings. The summed E-state index contributed by atoms with van der Waals surface area (Å²) in [6.45, 7) is 0. The van der Waals surface area contributed by atoms with E-state index in [1.807, 2.05) is 30.3 Å². The van der Waals surface area contributed by atoms with Gasteiger partial charge in [0.15, 0.2) is 5.78 Å². The summed E-state index contributed by atoms with van der Waals surface area (Å²) in [4.78, 5) is 26.9. The van der Waals surface area contributed by atoms with Crippen LogP contribution >= 0.6 is 0 Å². The largest absolute Gasteiger partial charge is 0.358 e. The lowest BCUT2D eigenvalue weighted by molar-refractivity contribution is -0.137. The van der Waals surface area contributed by atoms with Gasteiger partial charge in [-0.15, -0.1) is 0 Å². The molecule has 0 atom stereocenters. The number of oxime groups is 1. The van der Waals surface area contributed by atoms with E-state index in [4.69, 9.17) is 0 Å². The van der Waals surface area contributed by atoms with Crippen molar-refractivity contribution in [2.75, 3.05) is 0 Å². The van der Waals surface area contributed by atoms with Gasteiger partial charge in [0.05, 0.1) is 0 Å². The minimum atomic E-state index is -0.574. The average molecular weight is 253 g/mol. The Kier molecular flexibility index (Phi) is 4.18. The van der Waals surface area contributed by atoms with Crippen molar-refractivity contribution >= 4 is 23.5 Å². The molecule has 0 unspecified atom stereocenters. The van der Waals surface area contributed by atoms with Crippen molar-refractivity contribution in [1.82, 2.24) is 0 Å². The highest BCUT2D eigenvalue weighted by atomic mass is 16.7. The summed E-state index contributed by atoms with van der Waals surface area (Å²) < 4.78 is 0. The quantitative estimate of drug-likeness (QED) is 0.359. The van der Waals surface area contributed by atoms with Crippen LogP contribution in [0.15, 0.2) is 65.9 Å². The van der Waals surface area contributed by atoms with Crippen LogP contribution in [0.1, 0.15) is 5.56 Å². The van der Waals surface area contributed by atoms with E-state index < -0.39 is 5.97 Å². The Hall–Kier alpha value is -2.75. The zero-order valence-electron chi connectivity index (χ0n) is 10.0. The first kappa shape index (κ1) is 12.7. The smallest absolute Gasteiger partial charge is 0.313 e. The van der Waals surface area contributed by atoms with Gasteiger partial charge in [0.1, 0.15) is 5.71 Å². The SMILES string of the molecule is O=C1C=CC(=NOC(=O)/C=C\c2ccccc2)C=C1. The second-order valence-electron chi connectivity index (χ2n) is 3.74. The van der Waals surface area contributed by atoms with E-state index in [0.29, 0.717) is 5.71 Å². The van der Waals surface area contributed by atoms with Crippen molar-refractivity contribution in [1.29, 1.82) is 0 Å². The van der Waals surface area contributed by atoms with Crippen molar-refractivity contribution in [3.63, 3.8) is 0 Å². The zero-order valence-corrected chi connectivity index (χ0v) is 10.0. The average Bonchev–Trinajstić information content (AvgIpc) is 2.45. The third kappa shape index (κ3) is 4.20. The Morgan fingerprint density at radius 3 is 2.42 bits per heavy atom. The first-order valence-corrected chi connectivity index (χ1v) is 5.66. The van der Waals surface area contributed by atoms with Crippen molar-refractivity contribution in [2.45, 2.75) is 0 Å². The molecule has 0 amide bonds. The van der Waals surface area contributed by atoms with Crippen molar-refractivity contribution in [3.05, 3.63) is 66.3 Å². The molecule has 2 rings (SSSR count). The van der Waals surface area contributed by atoms with E-state index in [1.54, 1.807) is 6.08 Å². The van der Waals surface area contributed by atoms with Crippen molar-refractivity contribution in [3.8, 4) is 0 Å². The fraction of sp³-hybridized carbons (Fsp3) is 0. The molecule has 1 aliphatic rings. The second kappa shape index (κ2) is 6.26. The molecule has 1 aromatic rings. The topological polar surface area (TPSA) is 55.7 Å². The van der Waals surface area contributed by atoms with Gasteiger partial charge in [-0.05, 0) is 35.9 Å². The maximum Gasteiger partial charge on any atom is 0.358 e. The number of hydrogen-bond donors (Lipinski definition) is 0. The van der Waals surface area contributed by atoms with Crippen LogP contribution in [-0.2, 0) is 14.4 Å². The summed E-state index contributed by atoms with van der Waals surface area (Å²) in [6, 6.07) is 9.38. The Labute approximate surface area is 110 Å². The molecule has 0 heterocycles. The molecule has 0 aliphatic heterocycles. The summed E-state index contributed by atoms with van der Waals surface area (Å²) in [5.74, 6) is -0.690. The summed E-state index contributed by atoms with van der Waals surface area (Å²) in [6.07, 6.45) is 8.60. The third-order valence-electron chi connectivity index (χ3n) is 2.29. The van der Waals surface area contributed by atoms with E-state index in [-0.39, 0.29) is 5.78 Å². The molecule has 94 valence electrons. The van der Waals surface area contributed by atoms with Gasteiger partial charge in [0.2, 0.25) is 0 Å². The Morgan fingerprint density at radius 1 is 1.05 bits per heavy atom. The van der Waals surface area contributed by atoms with Gasteiger partial charge >= 0.3 is 5.97 Å². The molecule has 4 nitrogen and oxygen atoms in total. The number of carbonyl (C=O) groups excluding carboxylic acids is 2.